The zero-order valence-electron chi connectivity index (χ0n) is 13.9. The average Bonchev–Trinajstić information content (AvgIpc) is 2.37. The Labute approximate surface area is 129 Å². The molecule has 1 N–H and O–H groups in total. The lowest BCUT2D eigenvalue weighted by Crippen LogP contribution is -2.36. The second-order valence-electron chi connectivity index (χ2n) is 7.07. The van der Waals surface area contributed by atoms with Gasteiger partial charge in [0.05, 0.1) is 11.3 Å². The lowest BCUT2D eigenvalue weighted by molar-refractivity contribution is 0.0999. The second-order valence-corrected chi connectivity index (χ2v) is 11.5. The fraction of sp³-hybridized carbons (Fsp3) is 0.471. The zero-order valence-corrected chi connectivity index (χ0v) is 14.9. The SMILES string of the molecule is CC1C=CC(c2cc(C(C)(C)O[Si](C)(C)C)ccn2)=CN1. The minimum atomic E-state index is -1.60. The van der Waals surface area contributed by atoms with Crippen LogP contribution in [0.5, 0.6) is 0 Å². The van der Waals surface area contributed by atoms with E-state index in [1.54, 1.807) is 0 Å². The van der Waals surface area contributed by atoms with Crippen LogP contribution in [0.4, 0.5) is 0 Å². The fourth-order valence-electron chi connectivity index (χ4n) is 2.52. The van der Waals surface area contributed by atoms with Gasteiger partial charge in [-0.2, -0.15) is 0 Å². The highest BCUT2D eigenvalue weighted by Gasteiger charge is 2.29. The number of hydrogen-bond donors (Lipinski definition) is 1. The van der Waals surface area contributed by atoms with Gasteiger partial charge in [0.25, 0.3) is 0 Å². The molecule has 1 aromatic heterocycles. The van der Waals surface area contributed by atoms with Gasteiger partial charge in [-0.25, -0.2) is 0 Å². The van der Waals surface area contributed by atoms with Crippen LogP contribution in [0.3, 0.4) is 0 Å². The number of hydrogen-bond acceptors (Lipinski definition) is 3. The highest BCUT2D eigenvalue weighted by atomic mass is 28.4. The molecule has 114 valence electrons. The van der Waals surface area contributed by atoms with Crippen molar-refractivity contribution in [3.8, 4) is 0 Å². The van der Waals surface area contributed by atoms with E-state index in [-0.39, 0.29) is 5.60 Å². The zero-order chi connectivity index (χ0) is 15.7. The highest BCUT2D eigenvalue weighted by Crippen LogP contribution is 2.30. The molecule has 21 heavy (non-hydrogen) atoms. The lowest BCUT2D eigenvalue weighted by atomic mass is 9.97. The van der Waals surface area contributed by atoms with Gasteiger partial charge in [0.15, 0.2) is 8.32 Å². The fourth-order valence-corrected chi connectivity index (χ4v) is 4.17. The third-order valence-corrected chi connectivity index (χ3v) is 4.50. The Morgan fingerprint density at radius 1 is 1.29 bits per heavy atom. The van der Waals surface area contributed by atoms with Crippen molar-refractivity contribution < 1.29 is 4.43 Å². The topological polar surface area (TPSA) is 34.1 Å². The van der Waals surface area contributed by atoms with Crippen LogP contribution in [-0.2, 0) is 10.0 Å². The maximum atomic E-state index is 6.33. The Morgan fingerprint density at radius 3 is 2.57 bits per heavy atom. The van der Waals surface area contributed by atoms with Crippen LogP contribution in [0.25, 0.3) is 5.57 Å². The summed E-state index contributed by atoms with van der Waals surface area (Å²) in [6, 6.07) is 4.56. The van der Waals surface area contributed by atoms with E-state index >= 15 is 0 Å². The van der Waals surface area contributed by atoms with Crippen LogP contribution in [0, 0.1) is 0 Å². The largest absolute Gasteiger partial charge is 0.409 e. The van der Waals surface area contributed by atoms with Crippen LogP contribution in [0.2, 0.25) is 19.6 Å². The quantitative estimate of drug-likeness (QED) is 0.852. The van der Waals surface area contributed by atoms with E-state index in [4.69, 9.17) is 4.43 Å². The third-order valence-electron chi connectivity index (χ3n) is 3.38. The number of rotatable bonds is 4. The Balaban J connectivity index is 2.28. The van der Waals surface area contributed by atoms with Crippen molar-refractivity contribution in [2.75, 3.05) is 0 Å². The van der Waals surface area contributed by atoms with E-state index in [0.717, 1.165) is 11.3 Å². The monoisotopic (exact) mass is 302 g/mol. The molecule has 2 heterocycles. The smallest absolute Gasteiger partial charge is 0.184 e. The molecule has 2 rings (SSSR count). The first-order valence-corrected chi connectivity index (χ1v) is 10.9. The van der Waals surface area contributed by atoms with Gasteiger partial charge >= 0.3 is 0 Å². The number of nitrogens with zero attached hydrogens (tertiary/aromatic N) is 1. The van der Waals surface area contributed by atoms with Crippen LogP contribution in [-0.4, -0.2) is 19.3 Å². The standard InChI is InChI=1S/C17H26N2OSi/c1-13-7-8-14(12-19-13)16-11-15(9-10-18-16)17(2,3)20-21(4,5)6/h7-13,19H,1-6H3. The molecule has 1 aromatic rings. The number of pyridine rings is 1. The first-order valence-electron chi connectivity index (χ1n) is 7.49. The van der Waals surface area contributed by atoms with Crippen molar-refractivity contribution >= 4 is 13.9 Å². The molecule has 1 atom stereocenters. The van der Waals surface area contributed by atoms with Crippen molar-refractivity contribution in [2.45, 2.75) is 52.1 Å². The number of dihydropyridines is 1. The molecular weight excluding hydrogens is 276 g/mol. The van der Waals surface area contributed by atoms with Gasteiger partial charge in [0, 0.05) is 24.0 Å². The van der Waals surface area contributed by atoms with E-state index in [9.17, 15) is 0 Å². The van der Waals surface area contributed by atoms with Crippen LogP contribution in [0.1, 0.15) is 32.0 Å². The Bertz CT molecular complexity index is 570. The molecule has 0 aliphatic carbocycles. The number of aromatic nitrogens is 1. The Kier molecular flexibility index (Phi) is 4.40. The van der Waals surface area contributed by atoms with Crippen LogP contribution < -0.4 is 5.32 Å². The van der Waals surface area contributed by atoms with Gasteiger partial charge in [-0.05, 0) is 58.1 Å². The van der Waals surface area contributed by atoms with E-state index in [2.05, 4.69) is 68.9 Å². The summed E-state index contributed by atoms with van der Waals surface area (Å²) in [5.41, 5.74) is 2.97. The van der Waals surface area contributed by atoms with Crippen molar-refractivity contribution in [3.63, 3.8) is 0 Å². The number of nitrogens with one attached hydrogen (secondary N) is 1. The molecule has 0 amide bonds. The summed E-state index contributed by atoms with van der Waals surface area (Å²) >= 11 is 0. The molecule has 0 bridgehead atoms. The molecule has 0 saturated heterocycles. The molecule has 1 aliphatic rings. The average molecular weight is 302 g/mol. The molecule has 3 nitrogen and oxygen atoms in total. The van der Waals surface area contributed by atoms with E-state index in [1.807, 2.05) is 18.5 Å². The number of allylic oxidation sites excluding steroid dienone is 2. The van der Waals surface area contributed by atoms with Crippen molar-refractivity contribution in [2.24, 2.45) is 0 Å². The summed E-state index contributed by atoms with van der Waals surface area (Å²) in [6.07, 6.45) is 8.17. The summed E-state index contributed by atoms with van der Waals surface area (Å²) in [7, 11) is -1.60. The van der Waals surface area contributed by atoms with E-state index < -0.39 is 8.32 Å². The van der Waals surface area contributed by atoms with E-state index in [0.29, 0.717) is 6.04 Å². The van der Waals surface area contributed by atoms with Gasteiger partial charge in [0.2, 0.25) is 0 Å². The Hall–Kier alpha value is -1.39. The minimum Gasteiger partial charge on any atom is -0.409 e. The molecule has 0 spiro atoms. The van der Waals surface area contributed by atoms with Crippen molar-refractivity contribution in [3.05, 3.63) is 47.9 Å². The first kappa shape index (κ1) is 16.0. The summed E-state index contributed by atoms with van der Waals surface area (Å²) in [5, 5.41) is 3.31. The first-order chi connectivity index (χ1) is 9.67. The highest BCUT2D eigenvalue weighted by molar-refractivity contribution is 6.69. The van der Waals surface area contributed by atoms with Crippen molar-refractivity contribution in [1.29, 1.82) is 0 Å². The van der Waals surface area contributed by atoms with Gasteiger partial charge in [-0.3, -0.25) is 4.98 Å². The van der Waals surface area contributed by atoms with Crippen LogP contribution >= 0.6 is 0 Å². The molecule has 0 fully saturated rings. The summed E-state index contributed by atoms with van der Waals surface area (Å²) in [4.78, 5) is 4.49. The molecule has 0 saturated carbocycles. The molecule has 1 aliphatic heterocycles. The lowest BCUT2D eigenvalue weighted by Gasteiger charge is -2.33. The van der Waals surface area contributed by atoms with Crippen LogP contribution in [0.15, 0.2) is 36.7 Å². The van der Waals surface area contributed by atoms with Gasteiger partial charge < -0.3 is 9.74 Å². The molecule has 0 radical (unpaired) electrons. The summed E-state index contributed by atoms with van der Waals surface area (Å²) < 4.78 is 6.33. The minimum absolute atomic E-state index is 0.290. The Morgan fingerprint density at radius 2 is 2.00 bits per heavy atom. The molecule has 0 aromatic carbocycles. The maximum absolute atomic E-state index is 6.33. The molecule has 4 heteroatoms. The molecule has 1 unspecified atom stereocenters. The van der Waals surface area contributed by atoms with Gasteiger partial charge in [-0.1, -0.05) is 12.2 Å². The van der Waals surface area contributed by atoms with Gasteiger partial charge in [-0.15, -0.1) is 0 Å². The maximum Gasteiger partial charge on any atom is 0.184 e. The van der Waals surface area contributed by atoms with Crippen molar-refractivity contribution in [1.82, 2.24) is 10.3 Å². The predicted octanol–water partition coefficient (Wildman–Crippen LogP) is 4.06. The van der Waals surface area contributed by atoms with Gasteiger partial charge in [0.1, 0.15) is 0 Å². The summed E-state index contributed by atoms with van der Waals surface area (Å²) in [5.74, 6) is 0. The third kappa shape index (κ3) is 4.28. The predicted molar refractivity (Wildman–Crippen MR) is 91.4 cm³/mol. The second kappa shape index (κ2) is 5.77. The normalized spacial score (nSPS) is 19.1. The molecular formula is C17H26N2OSi. The summed E-state index contributed by atoms with van der Waals surface area (Å²) in [6.45, 7) is 13.0. The van der Waals surface area contributed by atoms with E-state index in [1.165, 1.54) is 5.56 Å².